The van der Waals surface area contributed by atoms with E-state index in [1.54, 1.807) is 0 Å². The highest BCUT2D eigenvalue weighted by molar-refractivity contribution is 7.45. The van der Waals surface area contributed by atoms with Crippen molar-refractivity contribution in [3.8, 4) is 0 Å². The molecule has 0 aliphatic rings. The van der Waals surface area contributed by atoms with E-state index in [1.165, 1.54) is 205 Å². The average molecular weight is 912 g/mol. The normalized spacial score (nSPS) is 13.7. The zero-order valence-corrected chi connectivity index (χ0v) is 43.4. The van der Waals surface area contributed by atoms with Crippen molar-refractivity contribution in [1.29, 1.82) is 0 Å². The number of rotatable bonds is 51. The Kier molecular flexibility index (Phi) is 46.7. The number of likely N-dealkylation sites (N-methyl/N-ethyl adjacent to an activating group) is 1. The number of quaternary nitrogens is 1. The molecule has 0 saturated carbocycles. The number of hydrogen-bond acceptors (Lipinski definition) is 7. The molecule has 0 aliphatic heterocycles. The van der Waals surface area contributed by atoms with Crippen LogP contribution in [0.2, 0.25) is 0 Å². The van der Waals surface area contributed by atoms with Crippen LogP contribution in [0.3, 0.4) is 0 Å². The molecular formula is C54H106NO7P. The highest BCUT2D eigenvalue weighted by Gasteiger charge is 2.20. The number of allylic oxidation sites excluding steroid dienone is 4. The Bertz CT molecular complexity index is 1060. The van der Waals surface area contributed by atoms with Gasteiger partial charge in [-0.3, -0.25) is 9.36 Å². The van der Waals surface area contributed by atoms with Gasteiger partial charge >= 0.3 is 5.97 Å². The van der Waals surface area contributed by atoms with E-state index in [2.05, 4.69) is 38.2 Å². The number of nitrogens with zero attached hydrogens (tertiary/aromatic N) is 1. The number of unbranched alkanes of at least 4 members (excludes halogenated alkanes) is 33. The molecule has 8 nitrogen and oxygen atoms in total. The lowest BCUT2D eigenvalue weighted by atomic mass is 10.0. The first-order valence-electron chi connectivity index (χ1n) is 27.1. The third-order valence-electron chi connectivity index (χ3n) is 12.0. The fourth-order valence-corrected chi connectivity index (χ4v) is 8.50. The summed E-state index contributed by atoms with van der Waals surface area (Å²) in [6.45, 7) is 5.45. The minimum atomic E-state index is -4.53. The molecule has 0 N–H and O–H groups in total. The van der Waals surface area contributed by atoms with Gasteiger partial charge in [-0.05, 0) is 64.2 Å². The number of carbonyl (C=O) groups is 1. The smallest absolute Gasteiger partial charge is 0.306 e. The summed E-state index contributed by atoms with van der Waals surface area (Å²) < 4.78 is 34.8. The number of carbonyl (C=O) groups excluding carboxylic acids is 1. The zero-order chi connectivity index (χ0) is 46.2. The van der Waals surface area contributed by atoms with Gasteiger partial charge in [-0.1, -0.05) is 212 Å². The van der Waals surface area contributed by atoms with Gasteiger partial charge in [0.2, 0.25) is 0 Å². The van der Waals surface area contributed by atoms with Gasteiger partial charge in [0.05, 0.1) is 34.4 Å². The van der Waals surface area contributed by atoms with Crippen molar-refractivity contribution in [3.05, 3.63) is 24.3 Å². The summed E-state index contributed by atoms with van der Waals surface area (Å²) in [6, 6.07) is 0. The second kappa shape index (κ2) is 47.5. The second-order valence-electron chi connectivity index (χ2n) is 19.6. The third kappa shape index (κ3) is 51.8. The quantitative estimate of drug-likeness (QED) is 0.0197. The van der Waals surface area contributed by atoms with Crippen LogP contribution in [-0.2, 0) is 27.9 Å². The Balaban J connectivity index is 4.07. The van der Waals surface area contributed by atoms with E-state index >= 15 is 0 Å². The molecule has 0 aromatic heterocycles. The molecule has 9 heteroatoms. The molecule has 2 atom stereocenters. The Morgan fingerprint density at radius 1 is 0.476 bits per heavy atom. The molecular weight excluding hydrogens is 806 g/mol. The minimum Gasteiger partial charge on any atom is -0.756 e. The molecule has 0 heterocycles. The van der Waals surface area contributed by atoms with Crippen molar-refractivity contribution in [2.45, 2.75) is 264 Å². The number of ether oxygens (including phenoxy) is 2. The summed E-state index contributed by atoms with van der Waals surface area (Å²) in [5.74, 6) is -0.334. The number of esters is 1. The largest absolute Gasteiger partial charge is 0.756 e. The predicted molar refractivity (Wildman–Crippen MR) is 268 cm³/mol. The Morgan fingerprint density at radius 2 is 0.825 bits per heavy atom. The molecule has 63 heavy (non-hydrogen) atoms. The van der Waals surface area contributed by atoms with Gasteiger partial charge in [0, 0.05) is 13.0 Å². The van der Waals surface area contributed by atoms with Crippen LogP contribution in [0, 0.1) is 0 Å². The van der Waals surface area contributed by atoms with Gasteiger partial charge in [0.1, 0.15) is 19.3 Å². The van der Waals surface area contributed by atoms with Crippen LogP contribution in [0.1, 0.15) is 258 Å². The van der Waals surface area contributed by atoms with Gasteiger partial charge in [0.15, 0.2) is 0 Å². The zero-order valence-electron chi connectivity index (χ0n) is 42.5. The molecule has 0 saturated heterocycles. The molecule has 0 aliphatic carbocycles. The Morgan fingerprint density at radius 3 is 1.21 bits per heavy atom. The summed E-state index contributed by atoms with van der Waals surface area (Å²) in [6.07, 6.45) is 56.4. The first-order chi connectivity index (χ1) is 30.6. The van der Waals surface area contributed by atoms with E-state index in [4.69, 9.17) is 18.5 Å². The van der Waals surface area contributed by atoms with E-state index < -0.39 is 13.9 Å². The molecule has 0 fully saturated rings. The minimum absolute atomic E-state index is 0.0271. The van der Waals surface area contributed by atoms with Crippen molar-refractivity contribution in [3.63, 3.8) is 0 Å². The first-order valence-corrected chi connectivity index (χ1v) is 28.5. The van der Waals surface area contributed by atoms with Crippen LogP contribution in [0.15, 0.2) is 24.3 Å². The maximum atomic E-state index is 12.7. The molecule has 0 aromatic rings. The van der Waals surface area contributed by atoms with Crippen LogP contribution in [-0.4, -0.2) is 70.7 Å². The maximum Gasteiger partial charge on any atom is 0.306 e. The summed E-state index contributed by atoms with van der Waals surface area (Å²) in [5.41, 5.74) is 0. The first kappa shape index (κ1) is 62.0. The van der Waals surface area contributed by atoms with Crippen molar-refractivity contribution in [2.24, 2.45) is 0 Å². The number of phosphoric acid groups is 1. The molecule has 374 valence electrons. The third-order valence-corrected chi connectivity index (χ3v) is 12.9. The fraction of sp³-hybridized carbons (Fsp3) is 0.907. The molecule has 0 amide bonds. The van der Waals surface area contributed by atoms with Crippen molar-refractivity contribution in [1.82, 2.24) is 0 Å². The van der Waals surface area contributed by atoms with Gasteiger partial charge in [0.25, 0.3) is 7.82 Å². The maximum absolute atomic E-state index is 12.7. The van der Waals surface area contributed by atoms with Gasteiger partial charge in [-0.25, -0.2) is 0 Å². The Hall–Kier alpha value is -1.02. The highest BCUT2D eigenvalue weighted by atomic mass is 31.2. The van der Waals surface area contributed by atoms with E-state index in [0.29, 0.717) is 24.1 Å². The number of hydrogen-bond donors (Lipinski definition) is 0. The van der Waals surface area contributed by atoms with E-state index in [0.717, 1.165) is 32.1 Å². The molecule has 0 radical (unpaired) electrons. The van der Waals surface area contributed by atoms with Crippen molar-refractivity contribution < 1.29 is 37.3 Å². The lowest BCUT2D eigenvalue weighted by molar-refractivity contribution is -0.870. The lowest BCUT2D eigenvalue weighted by Crippen LogP contribution is -2.37. The summed E-state index contributed by atoms with van der Waals surface area (Å²) >= 11 is 0. The molecule has 0 aromatic carbocycles. The van der Waals surface area contributed by atoms with Gasteiger partial charge in [-0.15, -0.1) is 0 Å². The van der Waals surface area contributed by atoms with E-state index in [1.807, 2.05) is 21.1 Å². The number of phosphoric ester groups is 1. The molecule has 2 unspecified atom stereocenters. The van der Waals surface area contributed by atoms with Crippen LogP contribution >= 0.6 is 7.82 Å². The van der Waals surface area contributed by atoms with Gasteiger partial charge < -0.3 is 27.9 Å². The van der Waals surface area contributed by atoms with E-state index in [9.17, 15) is 14.3 Å². The molecule has 0 rings (SSSR count). The van der Waals surface area contributed by atoms with Crippen LogP contribution in [0.5, 0.6) is 0 Å². The second-order valence-corrected chi connectivity index (χ2v) is 21.0. The van der Waals surface area contributed by atoms with Crippen LogP contribution < -0.4 is 4.89 Å². The van der Waals surface area contributed by atoms with Gasteiger partial charge in [-0.2, -0.15) is 0 Å². The van der Waals surface area contributed by atoms with Crippen LogP contribution in [0.4, 0.5) is 0 Å². The lowest BCUT2D eigenvalue weighted by Gasteiger charge is -2.28. The standard InChI is InChI=1S/C54H106NO7P/c1-6-8-10-12-14-16-18-20-22-24-25-26-27-28-29-30-32-34-36-38-40-42-44-46-49-59-51-53(52-61-63(57,58)60-50-48-55(3,4)5)62-54(56)47-45-43-41-39-37-35-33-31-23-21-19-17-15-13-11-9-7-2/h21,23-25,53H,6-20,22,26-52H2,1-5H3/b23-21-,25-24-. The molecule has 0 spiro atoms. The predicted octanol–water partition coefficient (Wildman–Crippen LogP) is 16.1. The van der Waals surface area contributed by atoms with Crippen molar-refractivity contribution in [2.75, 3.05) is 54.1 Å². The fourth-order valence-electron chi connectivity index (χ4n) is 7.77. The van der Waals surface area contributed by atoms with Crippen LogP contribution in [0.25, 0.3) is 0 Å². The summed E-state index contributed by atoms with van der Waals surface area (Å²) in [4.78, 5) is 25.2. The highest BCUT2D eigenvalue weighted by Crippen LogP contribution is 2.38. The summed E-state index contributed by atoms with van der Waals surface area (Å²) in [7, 11) is 1.36. The molecule has 0 bridgehead atoms. The topological polar surface area (TPSA) is 94.1 Å². The van der Waals surface area contributed by atoms with Crippen molar-refractivity contribution >= 4 is 13.8 Å². The monoisotopic (exact) mass is 912 g/mol. The Labute approximate surface area is 392 Å². The van der Waals surface area contributed by atoms with E-state index in [-0.39, 0.29) is 25.8 Å². The SMILES string of the molecule is CCCCCCCC/C=C\CCCCCCCCCC(=O)OC(COCCCCCCCCCCCCCC/C=C\CCCCCCCCCC)COP(=O)([O-])OCC[N+](C)(C)C. The summed E-state index contributed by atoms with van der Waals surface area (Å²) in [5, 5.41) is 0. The average Bonchev–Trinajstić information content (AvgIpc) is 3.24.